The molecule has 0 spiro atoms. The van der Waals surface area contributed by atoms with Crippen LogP contribution in [0.4, 0.5) is 5.69 Å². The summed E-state index contributed by atoms with van der Waals surface area (Å²) in [6.45, 7) is 0.215. The molecule has 104 valence electrons. The van der Waals surface area contributed by atoms with Gasteiger partial charge in [0.2, 0.25) is 11.8 Å². The molecule has 5 heteroatoms. The van der Waals surface area contributed by atoms with E-state index in [0.29, 0.717) is 17.9 Å². The summed E-state index contributed by atoms with van der Waals surface area (Å²) in [5, 5.41) is 3.79. The number of nitrogens with one attached hydrogen (secondary N) is 1. The molecule has 2 aliphatic rings. The Morgan fingerprint density at radius 1 is 1.15 bits per heavy atom. The topological polar surface area (TPSA) is 49.4 Å². The lowest BCUT2D eigenvalue weighted by Gasteiger charge is -2.17. The van der Waals surface area contributed by atoms with Crippen LogP contribution in [0.25, 0.3) is 0 Å². The monoisotopic (exact) mass is 290 g/mol. The van der Waals surface area contributed by atoms with Crippen molar-refractivity contribution in [1.82, 2.24) is 4.90 Å². The smallest absolute Gasteiger partial charge is 0.234 e. The third-order valence-electron chi connectivity index (χ3n) is 3.88. The first kappa shape index (κ1) is 13.2. The van der Waals surface area contributed by atoms with E-state index in [1.807, 2.05) is 36.4 Å². The lowest BCUT2D eigenvalue weighted by molar-refractivity contribution is -0.139. The molecule has 2 amide bonds. The normalized spacial score (nSPS) is 25.4. The fourth-order valence-corrected chi connectivity index (χ4v) is 3.03. The zero-order chi connectivity index (χ0) is 14.1. The van der Waals surface area contributed by atoms with Crippen LogP contribution in [0.15, 0.2) is 41.4 Å². The highest BCUT2D eigenvalue weighted by atomic mass is 35.5. The SMILES string of the molecule is O=C1[C@H]2CC=C(Cl)C[C@@H]2C(=O)N1CNc1ccccc1. The van der Waals surface area contributed by atoms with Crippen molar-refractivity contribution in [1.29, 1.82) is 0 Å². The first-order valence-electron chi connectivity index (χ1n) is 6.65. The van der Waals surface area contributed by atoms with E-state index in [9.17, 15) is 9.59 Å². The zero-order valence-corrected chi connectivity index (χ0v) is 11.6. The number of carbonyl (C=O) groups is 2. The van der Waals surface area contributed by atoms with E-state index >= 15 is 0 Å². The second-order valence-corrected chi connectivity index (χ2v) is 5.59. The predicted molar refractivity (Wildman–Crippen MR) is 76.9 cm³/mol. The van der Waals surface area contributed by atoms with Crippen LogP contribution in [0.2, 0.25) is 0 Å². The number of carbonyl (C=O) groups excluding carboxylic acids is 2. The summed E-state index contributed by atoms with van der Waals surface area (Å²) in [4.78, 5) is 25.9. The lowest BCUT2D eigenvalue weighted by atomic mass is 9.85. The summed E-state index contributed by atoms with van der Waals surface area (Å²) < 4.78 is 0. The van der Waals surface area contributed by atoms with Crippen molar-refractivity contribution in [2.75, 3.05) is 12.0 Å². The van der Waals surface area contributed by atoms with Crippen LogP contribution >= 0.6 is 11.6 Å². The fourth-order valence-electron chi connectivity index (χ4n) is 2.78. The van der Waals surface area contributed by atoms with Crippen LogP contribution in [0.3, 0.4) is 0 Å². The molecule has 0 unspecified atom stereocenters. The Balaban J connectivity index is 1.69. The quantitative estimate of drug-likeness (QED) is 0.871. The second kappa shape index (κ2) is 5.29. The number of amides is 2. The summed E-state index contributed by atoms with van der Waals surface area (Å²) >= 11 is 5.98. The molecule has 1 heterocycles. The average molecular weight is 291 g/mol. The number of rotatable bonds is 3. The molecule has 1 fully saturated rings. The molecular formula is C15H15ClN2O2. The van der Waals surface area contributed by atoms with Gasteiger partial charge in [0.05, 0.1) is 18.5 Å². The molecule has 0 radical (unpaired) electrons. The van der Waals surface area contributed by atoms with Gasteiger partial charge in [-0.05, 0) is 25.0 Å². The molecule has 0 saturated carbocycles. The molecule has 0 aromatic heterocycles. The Kier molecular flexibility index (Phi) is 3.49. The van der Waals surface area contributed by atoms with Crippen LogP contribution < -0.4 is 5.32 Å². The fraction of sp³-hybridized carbons (Fsp3) is 0.333. The molecule has 1 aromatic carbocycles. The predicted octanol–water partition coefficient (Wildman–Crippen LogP) is 2.57. The second-order valence-electron chi connectivity index (χ2n) is 5.11. The van der Waals surface area contributed by atoms with Gasteiger partial charge in [0.25, 0.3) is 0 Å². The van der Waals surface area contributed by atoms with Crippen molar-refractivity contribution in [2.24, 2.45) is 11.8 Å². The van der Waals surface area contributed by atoms with E-state index in [2.05, 4.69) is 5.32 Å². The molecule has 1 aliphatic carbocycles. The maximum atomic E-state index is 12.3. The van der Waals surface area contributed by atoms with Gasteiger partial charge in [0, 0.05) is 10.7 Å². The van der Waals surface area contributed by atoms with Crippen molar-refractivity contribution < 1.29 is 9.59 Å². The van der Waals surface area contributed by atoms with E-state index in [-0.39, 0.29) is 30.3 Å². The maximum Gasteiger partial charge on any atom is 0.234 e. The van der Waals surface area contributed by atoms with Gasteiger partial charge in [0.15, 0.2) is 0 Å². The third kappa shape index (κ3) is 2.31. The van der Waals surface area contributed by atoms with Gasteiger partial charge in [-0.15, -0.1) is 0 Å². The minimum absolute atomic E-state index is 0.0937. The van der Waals surface area contributed by atoms with Gasteiger partial charge >= 0.3 is 0 Å². The minimum atomic E-state index is -0.280. The molecule has 1 aromatic rings. The Morgan fingerprint density at radius 3 is 2.60 bits per heavy atom. The summed E-state index contributed by atoms with van der Waals surface area (Å²) in [6.07, 6.45) is 2.90. The molecule has 1 saturated heterocycles. The zero-order valence-electron chi connectivity index (χ0n) is 10.9. The van der Waals surface area contributed by atoms with Gasteiger partial charge in [0.1, 0.15) is 0 Å². The number of hydrogen-bond acceptors (Lipinski definition) is 3. The Bertz CT molecular complexity index is 570. The van der Waals surface area contributed by atoms with E-state index in [0.717, 1.165) is 5.69 Å². The third-order valence-corrected chi connectivity index (χ3v) is 4.18. The number of hydrogen-bond donors (Lipinski definition) is 1. The molecule has 1 aliphatic heterocycles. The van der Waals surface area contributed by atoms with Crippen LogP contribution in [0.1, 0.15) is 12.8 Å². The van der Waals surface area contributed by atoms with Crippen molar-refractivity contribution >= 4 is 29.1 Å². The van der Waals surface area contributed by atoms with Crippen molar-refractivity contribution in [3.8, 4) is 0 Å². The Hall–Kier alpha value is -1.81. The van der Waals surface area contributed by atoms with Crippen LogP contribution in [-0.4, -0.2) is 23.4 Å². The minimum Gasteiger partial charge on any atom is -0.367 e. The first-order chi connectivity index (χ1) is 9.66. The number of benzene rings is 1. The van der Waals surface area contributed by atoms with E-state index in [4.69, 9.17) is 11.6 Å². The lowest BCUT2D eigenvalue weighted by Crippen LogP contribution is -2.35. The average Bonchev–Trinajstić information content (AvgIpc) is 2.70. The van der Waals surface area contributed by atoms with E-state index < -0.39 is 0 Å². The standard InChI is InChI=1S/C15H15ClN2O2/c16-10-6-7-12-13(8-10)15(20)18(14(12)19)9-17-11-4-2-1-3-5-11/h1-6,12-13,17H,7-9H2/t12-,13-/m0/s1. The number of fused-ring (bicyclic) bond motifs is 1. The number of nitrogens with zero attached hydrogens (tertiary/aromatic N) is 1. The summed E-state index contributed by atoms with van der Waals surface area (Å²) in [7, 11) is 0. The molecule has 2 atom stereocenters. The molecule has 4 nitrogen and oxygen atoms in total. The first-order valence-corrected chi connectivity index (χ1v) is 7.03. The molecule has 3 rings (SSSR count). The summed E-state index contributed by atoms with van der Waals surface area (Å²) in [5.41, 5.74) is 0.888. The molecule has 20 heavy (non-hydrogen) atoms. The number of likely N-dealkylation sites (tertiary alicyclic amines) is 1. The Morgan fingerprint density at radius 2 is 1.85 bits per heavy atom. The summed E-state index contributed by atoms with van der Waals surface area (Å²) in [5.74, 6) is -0.723. The van der Waals surface area contributed by atoms with Gasteiger partial charge in [-0.3, -0.25) is 14.5 Å². The highest BCUT2D eigenvalue weighted by Gasteiger charge is 2.48. The highest BCUT2D eigenvalue weighted by molar-refractivity contribution is 6.30. The van der Waals surface area contributed by atoms with Crippen LogP contribution in [-0.2, 0) is 9.59 Å². The number of imide groups is 1. The molecule has 0 bridgehead atoms. The number of halogens is 1. The van der Waals surface area contributed by atoms with Gasteiger partial charge in [-0.2, -0.15) is 0 Å². The number of anilines is 1. The summed E-state index contributed by atoms with van der Waals surface area (Å²) in [6, 6.07) is 9.52. The van der Waals surface area contributed by atoms with Gasteiger partial charge < -0.3 is 5.32 Å². The van der Waals surface area contributed by atoms with E-state index in [1.54, 1.807) is 0 Å². The number of allylic oxidation sites excluding steroid dienone is 2. The molecule has 1 N–H and O–H groups in total. The van der Waals surface area contributed by atoms with Crippen LogP contribution in [0.5, 0.6) is 0 Å². The van der Waals surface area contributed by atoms with E-state index in [1.165, 1.54) is 4.90 Å². The van der Waals surface area contributed by atoms with Crippen LogP contribution in [0, 0.1) is 11.8 Å². The van der Waals surface area contributed by atoms with Crippen molar-refractivity contribution in [3.05, 3.63) is 41.4 Å². The van der Waals surface area contributed by atoms with Crippen molar-refractivity contribution in [3.63, 3.8) is 0 Å². The maximum absolute atomic E-state index is 12.3. The Labute approximate surface area is 122 Å². The largest absolute Gasteiger partial charge is 0.367 e. The number of para-hydroxylation sites is 1. The highest BCUT2D eigenvalue weighted by Crippen LogP contribution is 2.38. The van der Waals surface area contributed by atoms with Gasteiger partial charge in [-0.1, -0.05) is 35.9 Å². The molecular weight excluding hydrogens is 276 g/mol. The van der Waals surface area contributed by atoms with Crippen molar-refractivity contribution in [2.45, 2.75) is 12.8 Å². The van der Waals surface area contributed by atoms with Gasteiger partial charge in [-0.25, -0.2) is 0 Å².